The molecule has 1 fully saturated rings. The van der Waals surface area contributed by atoms with Gasteiger partial charge in [-0.3, -0.25) is 0 Å². The van der Waals surface area contributed by atoms with Gasteiger partial charge in [0, 0.05) is 19.1 Å². The molecule has 1 heterocycles. The van der Waals surface area contributed by atoms with Crippen LogP contribution in [0.25, 0.3) is 0 Å². The van der Waals surface area contributed by atoms with E-state index in [9.17, 15) is 0 Å². The molecule has 4 nitrogen and oxygen atoms in total. The third-order valence-corrected chi connectivity index (χ3v) is 2.96. The van der Waals surface area contributed by atoms with Crippen LogP contribution in [0.1, 0.15) is 32.4 Å². The molecule has 0 aromatic carbocycles. The Hall–Kier alpha value is -1.29. The van der Waals surface area contributed by atoms with Crippen LogP contribution in [0, 0.1) is 5.92 Å². The molecule has 0 unspecified atom stereocenters. The summed E-state index contributed by atoms with van der Waals surface area (Å²) in [5.74, 6) is 0.653. The van der Waals surface area contributed by atoms with E-state index in [2.05, 4.69) is 35.6 Å². The maximum absolute atomic E-state index is 5.57. The highest BCUT2D eigenvalue weighted by Gasteiger charge is 2.31. The number of aromatic nitrogens is 1. The van der Waals surface area contributed by atoms with Gasteiger partial charge in [-0.1, -0.05) is 19.9 Å². The largest absolute Gasteiger partial charge is 0.432 e. The maximum Gasteiger partial charge on any atom is 0.298 e. The first-order valence-corrected chi connectivity index (χ1v) is 6.73. The van der Waals surface area contributed by atoms with Crippen LogP contribution in [0.4, 0.5) is 6.01 Å². The van der Waals surface area contributed by atoms with Crippen molar-refractivity contribution in [3.63, 3.8) is 0 Å². The lowest BCUT2D eigenvalue weighted by atomic mass is 10.2. The molecule has 0 bridgehead atoms. The molecule has 0 spiro atoms. The van der Waals surface area contributed by atoms with Gasteiger partial charge >= 0.3 is 0 Å². The number of nitrogens with zero attached hydrogens (tertiary/aromatic N) is 2. The summed E-state index contributed by atoms with van der Waals surface area (Å²) in [5, 5.41) is 3.37. The number of rotatable bonds is 8. The van der Waals surface area contributed by atoms with Gasteiger partial charge in [0.1, 0.15) is 6.26 Å². The maximum atomic E-state index is 5.57. The molecule has 0 atom stereocenters. The molecule has 1 aromatic heterocycles. The van der Waals surface area contributed by atoms with Gasteiger partial charge in [-0.15, -0.1) is 6.58 Å². The van der Waals surface area contributed by atoms with E-state index in [0.29, 0.717) is 12.0 Å². The molecule has 1 saturated carbocycles. The first-order valence-electron chi connectivity index (χ1n) is 6.73. The van der Waals surface area contributed by atoms with E-state index in [1.165, 1.54) is 12.8 Å². The minimum absolute atomic E-state index is 0.595. The van der Waals surface area contributed by atoms with Gasteiger partial charge in [-0.05, 0) is 25.3 Å². The third kappa shape index (κ3) is 3.60. The normalized spacial score (nSPS) is 15.1. The summed E-state index contributed by atoms with van der Waals surface area (Å²) in [7, 11) is 0. The van der Waals surface area contributed by atoms with Crippen LogP contribution in [-0.4, -0.2) is 24.1 Å². The van der Waals surface area contributed by atoms with Crippen molar-refractivity contribution in [3.8, 4) is 0 Å². The van der Waals surface area contributed by atoms with Crippen molar-refractivity contribution in [1.82, 2.24) is 10.3 Å². The summed E-state index contributed by atoms with van der Waals surface area (Å²) < 4.78 is 5.57. The summed E-state index contributed by atoms with van der Waals surface area (Å²) >= 11 is 0. The Morgan fingerprint density at radius 3 is 3.00 bits per heavy atom. The fraction of sp³-hybridized carbons (Fsp3) is 0.643. The Labute approximate surface area is 109 Å². The van der Waals surface area contributed by atoms with Gasteiger partial charge in [0.2, 0.25) is 0 Å². The van der Waals surface area contributed by atoms with Crippen molar-refractivity contribution in [1.29, 1.82) is 0 Å². The van der Waals surface area contributed by atoms with Crippen LogP contribution in [0.5, 0.6) is 0 Å². The highest BCUT2D eigenvalue weighted by Crippen LogP contribution is 2.30. The van der Waals surface area contributed by atoms with Crippen LogP contribution in [0.3, 0.4) is 0 Å². The zero-order valence-corrected chi connectivity index (χ0v) is 11.4. The Morgan fingerprint density at radius 2 is 2.39 bits per heavy atom. The van der Waals surface area contributed by atoms with Crippen LogP contribution in [0.2, 0.25) is 0 Å². The fourth-order valence-corrected chi connectivity index (χ4v) is 1.91. The molecule has 1 aromatic rings. The van der Waals surface area contributed by atoms with E-state index < -0.39 is 0 Å². The van der Waals surface area contributed by atoms with E-state index in [4.69, 9.17) is 4.42 Å². The van der Waals surface area contributed by atoms with Gasteiger partial charge in [0.05, 0.1) is 5.69 Å². The van der Waals surface area contributed by atoms with Crippen molar-refractivity contribution in [2.24, 2.45) is 5.92 Å². The standard InChI is InChI=1S/C14H23N3O/c1-4-7-17(13-5-6-13)14-16-12(10-18-14)9-15-8-11(2)3/h4,10-11,13,15H,1,5-9H2,2-3H3. The predicted molar refractivity (Wildman–Crippen MR) is 73.6 cm³/mol. The van der Waals surface area contributed by atoms with E-state index >= 15 is 0 Å². The molecule has 0 saturated heterocycles. The van der Waals surface area contributed by atoms with Gasteiger partial charge in [-0.25, -0.2) is 0 Å². The predicted octanol–water partition coefficient (Wildman–Crippen LogP) is 2.58. The molecule has 1 aliphatic carbocycles. The smallest absolute Gasteiger partial charge is 0.298 e. The molecule has 0 radical (unpaired) electrons. The lowest BCUT2D eigenvalue weighted by molar-refractivity contribution is 0.531. The van der Waals surface area contributed by atoms with Gasteiger partial charge in [0.25, 0.3) is 6.01 Å². The molecular weight excluding hydrogens is 226 g/mol. The topological polar surface area (TPSA) is 41.3 Å². The van der Waals surface area contributed by atoms with Gasteiger partial charge in [-0.2, -0.15) is 4.98 Å². The lowest BCUT2D eigenvalue weighted by Crippen LogP contribution is -2.26. The Bertz CT molecular complexity index is 382. The van der Waals surface area contributed by atoms with Crippen molar-refractivity contribution >= 4 is 6.01 Å². The van der Waals surface area contributed by atoms with Crippen molar-refractivity contribution in [2.75, 3.05) is 18.0 Å². The lowest BCUT2D eigenvalue weighted by Gasteiger charge is -2.17. The summed E-state index contributed by atoms with van der Waals surface area (Å²) in [6, 6.07) is 1.33. The molecule has 2 rings (SSSR count). The highest BCUT2D eigenvalue weighted by atomic mass is 16.4. The minimum atomic E-state index is 0.595. The van der Waals surface area contributed by atoms with E-state index in [1.54, 1.807) is 6.26 Å². The SMILES string of the molecule is C=CCN(c1nc(CNCC(C)C)co1)C1CC1. The van der Waals surface area contributed by atoms with Crippen molar-refractivity contribution in [3.05, 3.63) is 24.6 Å². The molecule has 1 N–H and O–H groups in total. The zero-order valence-electron chi connectivity index (χ0n) is 11.4. The molecule has 100 valence electrons. The number of hydrogen-bond donors (Lipinski definition) is 1. The van der Waals surface area contributed by atoms with Crippen molar-refractivity contribution < 1.29 is 4.42 Å². The van der Waals surface area contributed by atoms with Gasteiger partial charge < -0.3 is 14.6 Å². The van der Waals surface area contributed by atoms with E-state index in [0.717, 1.165) is 31.3 Å². The van der Waals surface area contributed by atoms with Gasteiger partial charge in [0.15, 0.2) is 0 Å². The summed E-state index contributed by atoms with van der Waals surface area (Å²) in [6.45, 7) is 10.8. The molecule has 0 aliphatic heterocycles. The number of hydrogen-bond acceptors (Lipinski definition) is 4. The second kappa shape index (κ2) is 6.05. The summed E-state index contributed by atoms with van der Waals surface area (Å²) in [4.78, 5) is 6.73. The van der Waals surface area contributed by atoms with E-state index in [1.807, 2.05) is 6.08 Å². The third-order valence-electron chi connectivity index (χ3n) is 2.96. The number of anilines is 1. The Balaban J connectivity index is 1.89. The van der Waals surface area contributed by atoms with Crippen LogP contribution in [0.15, 0.2) is 23.3 Å². The molecule has 1 aliphatic rings. The first-order chi connectivity index (χ1) is 8.70. The van der Waals surface area contributed by atoms with Crippen molar-refractivity contribution in [2.45, 2.75) is 39.3 Å². The van der Waals surface area contributed by atoms with Crippen LogP contribution in [-0.2, 0) is 6.54 Å². The Morgan fingerprint density at radius 1 is 1.61 bits per heavy atom. The second-order valence-corrected chi connectivity index (χ2v) is 5.32. The average molecular weight is 249 g/mol. The molecular formula is C14H23N3O. The minimum Gasteiger partial charge on any atom is -0.432 e. The van der Waals surface area contributed by atoms with Crippen LogP contribution < -0.4 is 10.2 Å². The summed E-state index contributed by atoms with van der Waals surface area (Å²) in [5.41, 5.74) is 0.973. The second-order valence-electron chi connectivity index (χ2n) is 5.32. The summed E-state index contributed by atoms with van der Waals surface area (Å²) in [6.07, 6.45) is 6.12. The Kier molecular flexibility index (Phi) is 4.42. The monoisotopic (exact) mass is 249 g/mol. The quantitative estimate of drug-likeness (QED) is 0.719. The molecule has 0 amide bonds. The fourth-order valence-electron chi connectivity index (χ4n) is 1.91. The first kappa shape index (κ1) is 13.1. The van der Waals surface area contributed by atoms with Crippen LogP contribution >= 0.6 is 0 Å². The molecule has 4 heteroatoms. The zero-order chi connectivity index (χ0) is 13.0. The average Bonchev–Trinajstić information content (AvgIpc) is 3.06. The number of oxazole rings is 1. The molecule has 18 heavy (non-hydrogen) atoms. The highest BCUT2D eigenvalue weighted by molar-refractivity contribution is 5.32. The van der Waals surface area contributed by atoms with E-state index in [-0.39, 0.29) is 0 Å². The number of nitrogens with one attached hydrogen (secondary N) is 1.